The van der Waals surface area contributed by atoms with Gasteiger partial charge in [0.1, 0.15) is 6.07 Å². The number of ketones is 1. The average molecular weight is 294 g/mol. The van der Waals surface area contributed by atoms with Crippen LogP contribution in [-0.2, 0) is 11.2 Å². The summed E-state index contributed by atoms with van der Waals surface area (Å²) < 4.78 is 0. The molecule has 1 aromatic rings. The SMILES string of the molecule is C=C(NCCc1ccccc1)C1C2CCC(C2)C1C(=O)C#N. The lowest BCUT2D eigenvalue weighted by molar-refractivity contribution is -0.120. The van der Waals surface area contributed by atoms with Crippen LogP contribution in [0.1, 0.15) is 24.8 Å². The molecule has 2 aliphatic rings. The van der Waals surface area contributed by atoms with Crippen molar-refractivity contribution in [3.8, 4) is 6.07 Å². The first kappa shape index (κ1) is 14.8. The summed E-state index contributed by atoms with van der Waals surface area (Å²) in [5, 5.41) is 12.4. The quantitative estimate of drug-likeness (QED) is 0.820. The van der Waals surface area contributed by atoms with Crippen LogP contribution in [0.15, 0.2) is 42.6 Å². The number of allylic oxidation sites excluding steroid dienone is 1. The topological polar surface area (TPSA) is 52.9 Å². The molecule has 4 atom stereocenters. The zero-order valence-corrected chi connectivity index (χ0v) is 12.8. The van der Waals surface area contributed by atoms with Gasteiger partial charge in [-0.15, -0.1) is 0 Å². The third-order valence-electron chi connectivity index (χ3n) is 5.34. The largest absolute Gasteiger partial charge is 0.388 e. The fraction of sp³-hybridized carbons (Fsp3) is 0.474. The lowest BCUT2D eigenvalue weighted by Gasteiger charge is -2.30. The Kier molecular flexibility index (Phi) is 4.29. The Bertz CT molecular complexity index is 602. The molecule has 0 amide bonds. The van der Waals surface area contributed by atoms with Gasteiger partial charge in [-0.1, -0.05) is 36.9 Å². The van der Waals surface area contributed by atoms with Crippen LogP contribution >= 0.6 is 0 Å². The van der Waals surface area contributed by atoms with E-state index in [4.69, 9.17) is 5.26 Å². The van der Waals surface area contributed by atoms with Gasteiger partial charge in [0.15, 0.2) is 0 Å². The van der Waals surface area contributed by atoms with Crippen molar-refractivity contribution in [2.24, 2.45) is 23.7 Å². The smallest absolute Gasteiger partial charge is 0.235 e. The third-order valence-corrected chi connectivity index (χ3v) is 5.34. The second kappa shape index (κ2) is 6.36. The van der Waals surface area contributed by atoms with E-state index in [2.05, 4.69) is 24.0 Å². The molecular formula is C19H22N2O. The first-order valence-electron chi connectivity index (χ1n) is 8.11. The van der Waals surface area contributed by atoms with Crippen LogP contribution in [0.2, 0.25) is 0 Å². The van der Waals surface area contributed by atoms with Crippen molar-refractivity contribution in [2.45, 2.75) is 25.7 Å². The van der Waals surface area contributed by atoms with Crippen LogP contribution in [0, 0.1) is 35.0 Å². The minimum absolute atomic E-state index is 0.125. The van der Waals surface area contributed by atoms with E-state index >= 15 is 0 Å². The van der Waals surface area contributed by atoms with Crippen molar-refractivity contribution in [3.63, 3.8) is 0 Å². The number of carbonyl (C=O) groups is 1. The van der Waals surface area contributed by atoms with E-state index in [1.807, 2.05) is 24.3 Å². The van der Waals surface area contributed by atoms with Gasteiger partial charge in [-0.2, -0.15) is 5.26 Å². The Labute approximate surface area is 132 Å². The molecule has 0 heterocycles. The van der Waals surface area contributed by atoms with Crippen LogP contribution in [0.3, 0.4) is 0 Å². The normalized spacial score (nSPS) is 29.0. The van der Waals surface area contributed by atoms with Gasteiger partial charge < -0.3 is 5.32 Å². The van der Waals surface area contributed by atoms with Gasteiger partial charge in [0.25, 0.3) is 0 Å². The van der Waals surface area contributed by atoms with Crippen LogP contribution in [0.5, 0.6) is 0 Å². The van der Waals surface area contributed by atoms with E-state index in [1.54, 1.807) is 0 Å². The molecular weight excluding hydrogens is 272 g/mol. The highest BCUT2D eigenvalue weighted by atomic mass is 16.1. The van der Waals surface area contributed by atoms with Crippen molar-refractivity contribution >= 4 is 5.78 Å². The summed E-state index contributed by atoms with van der Waals surface area (Å²) in [4.78, 5) is 12.0. The molecule has 2 bridgehead atoms. The van der Waals surface area contributed by atoms with E-state index in [0.717, 1.165) is 31.5 Å². The maximum atomic E-state index is 12.0. The number of nitriles is 1. The molecule has 2 aliphatic carbocycles. The lowest BCUT2D eigenvalue weighted by atomic mass is 9.75. The molecule has 2 saturated carbocycles. The van der Waals surface area contributed by atoms with Crippen LogP contribution < -0.4 is 5.32 Å². The maximum absolute atomic E-state index is 12.0. The third kappa shape index (κ3) is 2.78. The van der Waals surface area contributed by atoms with Crippen molar-refractivity contribution < 1.29 is 4.79 Å². The van der Waals surface area contributed by atoms with E-state index in [0.29, 0.717) is 11.8 Å². The fourth-order valence-corrected chi connectivity index (χ4v) is 4.37. The monoisotopic (exact) mass is 294 g/mol. The molecule has 3 heteroatoms. The Morgan fingerprint density at radius 1 is 1.23 bits per heavy atom. The number of benzene rings is 1. The molecule has 1 N–H and O–H groups in total. The van der Waals surface area contributed by atoms with Crippen molar-refractivity contribution in [3.05, 3.63) is 48.2 Å². The molecule has 1 aromatic carbocycles. The highest BCUT2D eigenvalue weighted by molar-refractivity contribution is 5.96. The standard InChI is InChI=1S/C19H22N2O/c1-13(21-10-9-14-5-3-2-4-6-14)18-15-7-8-16(11-15)19(18)17(22)12-20/h2-6,15-16,18-19,21H,1,7-11H2. The summed E-state index contributed by atoms with van der Waals surface area (Å²) in [5.74, 6) is 0.712. The van der Waals surface area contributed by atoms with Gasteiger partial charge in [0.2, 0.25) is 5.78 Å². The number of nitrogens with one attached hydrogen (secondary N) is 1. The molecule has 3 rings (SSSR count). The maximum Gasteiger partial charge on any atom is 0.235 e. The lowest BCUT2D eigenvalue weighted by Crippen LogP contribution is -2.34. The minimum Gasteiger partial charge on any atom is -0.388 e. The molecule has 114 valence electrons. The number of hydrogen-bond acceptors (Lipinski definition) is 3. The summed E-state index contributed by atoms with van der Waals surface area (Å²) in [6, 6.07) is 12.2. The van der Waals surface area contributed by atoms with Crippen molar-refractivity contribution in [1.29, 1.82) is 5.26 Å². The molecule has 0 aliphatic heterocycles. The second-order valence-corrected chi connectivity index (χ2v) is 6.55. The first-order chi connectivity index (χ1) is 10.7. The van der Waals surface area contributed by atoms with E-state index in [-0.39, 0.29) is 17.6 Å². The molecule has 0 saturated heterocycles. The Morgan fingerprint density at radius 3 is 2.59 bits per heavy atom. The molecule has 0 aromatic heterocycles. The summed E-state index contributed by atoms with van der Waals surface area (Å²) in [7, 11) is 0. The number of fused-ring (bicyclic) bond motifs is 2. The summed E-state index contributed by atoms with van der Waals surface area (Å²) in [5.41, 5.74) is 2.25. The zero-order chi connectivity index (χ0) is 15.5. The van der Waals surface area contributed by atoms with E-state index in [9.17, 15) is 4.79 Å². The summed E-state index contributed by atoms with van der Waals surface area (Å²) in [6.45, 7) is 5.00. The van der Waals surface area contributed by atoms with Gasteiger partial charge in [0, 0.05) is 24.1 Å². The van der Waals surface area contributed by atoms with Gasteiger partial charge >= 0.3 is 0 Å². The first-order valence-corrected chi connectivity index (χ1v) is 8.11. The van der Waals surface area contributed by atoms with Crippen LogP contribution in [0.4, 0.5) is 0 Å². The number of Topliss-reactive ketones (excluding diaryl/α,β-unsaturated/α-hetero) is 1. The van der Waals surface area contributed by atoms with Gasteiger partial charge in [0.05, 0.1) is 0 Å². The van der Waals surface area contributed by atoms with Gasteiger partial charge in [-0.05, 0) is 43.1 Å². The molecule has 2 fully saturated rings. The zero-order valence-electron chi connectivity index (χ0n) is 12.8. The van der Waals surface area contributed by atoms with Gasteiger partial charge in [-0.25, -0.2) is 0 Å². The highest BCUT2D eigenvalue weighted by Gasteiger charge is 2.51. The number of hydrogen-bond donors (Lipinski definition) is 1. The molecule has 4 unspecified atom stereocenters. The molecule has 0 spiro atoms. The predicted octanol–water partition coefficient (Wildman–Crippen LogP) is 3.09. The Balaban J connectivity index is 1.59. The molecule has 22 heavy (non-hydrogen) atoms. The summed E-state index contributed by atoms with van der Waals surface area (Å²) in [6.07, 6.45) is 4.29. The number of nitrogens with zero attached hydrogens (tertiary/aromatic N) is 1. The van der Waals surface area contributed by atoms with Crippen molar-refractivity contribution in [2.75, 3.05) is 6.54 Å². The highest BCUT2D eigenvalue weighted by Crippen LogP contribution is 2.54. The Morgan fingerprint density at radius 2 is 1.91 bits per heavy atom. The van der Waals surface area contributed by atoms with E-state index < -0.39 is 0 Å². The number of rotatable bonds is 6. The van der Waals surface area contributed by atoms with Crippen molar-refractivity contribution in [1.82, 2.24) is 5.32 Å². The van der Waals surface area contributed by atoms with Crippen LogP contribution in [-0.4, -0.2) is 12.3 Å². The van der Waals surface area contributed by atoms with Gasteiger partial charge in [-0.3, -0.25) is 4.79 Å². The molecule has 0 radical (unpaired) electrons. The molecule has 3 nitrogen and oxygen atoms in total. The van der Waals surface area contributed by atoms with Crippen LogP contribution in [0.25, 0.3) is 0 Å². The summed E-state index contributed by atoms with van der Waals surface area (Å²) >= 11 is 0. The number of carbonyl (C=O) groups excluding carboxylic acids is 1. The Hall–Kier alpha value is -2.08. The fourth-order valence-electron chi connectivity index (χ4n) is 4.37. The minimum atomic E-state index is -0.247. The predicted molar refractivity (Wildman–Crippen MR) is 85.7 cm³/mol. The second-order valence-electron chi connectivity index (χ2n) is 6.55. The van der Waals surface area contributed by atoms with E-state index in [1.165, 1.54) is 12.0 Å². The average Bonchev–Trinajstić information content (AvgIpc) is 3.16.